The normalized spacial score (nSPS) is 10.8. The van der Waals surface area contributed by atoms with Crippen LogP contribution in [0.1, 0.15) is 6.92 Å². The number of fused-ring (bicyclic) bond motifs is 1. The van der Waals surface area contributed by atoms with E-state index in [9.17, 15) is 9.59 Å². The van der Waals surface area contributed by atoms with Gasteiger partial charge in [-0.25, -0.2) is 9.48 Å². The third-order valence-electron chi connectivity index (χ3n) is 3.97. The molecule has 3 rings (SSSR count). The number of rotatable bonds is 7. The second-order valence-electron chi connectivity index (χ2n) is 5.63. The topological polar surface area (TPSA) is 71.6 Å². The van der Waals surface area contributed by atoms with Crippen LogP contribution in [-0.4, -0.2) is 39.7 Å². The molecular formula is C18H21N5O2. The van der Waals surface area contributed by atoms with Gasteiger partial charge in [-0.2, -0.15) is 0 Å². The predicted octanol–water partition coefficient (Wildman–Crippen LogP) is 1.14. The van der Waals surface area contributed by atoms with Crippen LogP contribution in [0.2, 0.25) is 0 Å². The highest BCUT2D eigenvalue weighted by Crippen LogP contribution is 2.11. The van der Waals surface area contributed by atoms with Gasteiger partial charge >= 0.3 is 5.69 Å². The number of carbonyl (C=O) groups is 1. The molecule has 0 unspecified atom stereocenters. The minimum Gasteiger partial charge on any atom is -0.363 e. The molecule has 130 valence electrons. The summed E-state index contributed by atoms with van der Waals surface area (Å²) in [5, 5.41) is 7.09. The number of carbonyl (C=O) groups excluding carboxylic acids is 1. The van der Waals surface area contributed by atoms with Crippen molar-refractivity contribution in [2.75, 3.05) is 24.5 Å². The van der Waals surface area contributed by atoms with E-state index in [4.69, 9.17) is 0 Å². The van der Waals surface area contributed by atoms with Crippen LogP contribution in [0.3, 0.4) is 0 Å². The molecule has 7 nitrogen and oxygen atoms in total. The molecule has 0 saturated heterocycles. The zero-order valence-electron chi connectivity index (χ0n) is 14.1. The number of likely N-dealkylation sites (N-methyl/N-ethyl adjacent to an activating group) is 1. The molecule has 2 heterocycles. The van der Waals surface area contributed by atoms with Crippen molar-refractivity contribution in [3.05, 3.63) is 65.2 Å². The predicted molar refractivity (Wildman–Crippen MR) is 96.8 cm³/mol. The molecule has 1 amide bonds. The smallest absolute Gasteiger partial charge is 0.350 e. The summed E-state index contributed by atoms with van der Waals surface area (Å²) in [5.74, 6) is -0.0810. The number of hydrogen-bond donors (Lipinski definition) is 1. The largest absolute Gasteiger partial charge is 0.363 e. The first-order valence-corrected chi connectivity index (χ1v) is 8.30. The van der Waals surface area contributed by atoms with Gasteiger partial charge in [0.2, 0.25) is 5.91 Å². The highest BCUT2D eigenvalue weighted by molar-refractivity contribution is 5.81. The standard InChI is InChI=1S/C18H21N5O2/c1-2-21(15-8-4-3-5-9-15)14-17(24)19-11-13-23-18(25)22-12-7-6-10-16(22)20-23/h3-10,12H,2,11,13-14H2,1H3,(H,19,24). The van der Waals surface area contributed by atoms with Gasteiger partial charge in [-0.1, -0.05) is 24.3 Å². The van der Waals surface area contributed by atoms with Crippen LogP contribution in [0.4, 0.5) is 5.69 Å². The summed E-state index contributed by atoms with van der Waals surface area (Å²) in [6.07, 6.45) is 1.68. The molecule has 0 saturated carbocycles. The van der Waals surface area contributed by atoms with Gasteiger partial charge in [0.1, 0.15) is 0 Å². The third-order valence-corrected chi connectivity index (χ3v) is 3.97. The number of nitrogens with zero attached hydrogens (tertiary/aromatic N) is 4. The van der Waals surface area contributed by atoms with Gasteiger partial charge in [0, 0.05) is 25.0 Å². The van der Waals surface area contributed by atoms with Crippen LogP contribution < -0.4 is 15.9 Å². The van der Waals surface area contributed by atoms with Crippen molar-refractivity contribution in [2.45, 2.75) is 13.5 Å². The van der Waals surface area contributed by atoms with Gasteiger partial charge in [-0.3, -0.25) is 9.20 Å². The monoisotopic (exact) mass is 339 g/mol. The third kappa shape index (κ3) is 3.88. The Hall–Kier alpha value is -3.09. The summed E-state index contributed by atoms with van der Waals surface area (Å²) >= 11 is 0. The van der Waals surface area contributed by atoms with Gasteiger partial charge < -0.3 is 10.2 Å². The lowest BCUT2D eigenvalue weighted by Gasteiger charge is -2.22. The fraction of sp³-hybridized carbons (Fsp3) is 0.278. The van der Waals surface area contributed by atoms with E-state index in [1.807, 2.05) is 48.2 Å². The van der Waals surface area contributed by atoms with Crippen molar-refractivity contribution in [2.24, 2.45) is 0 Å². The second kappa shape index (κ2) is 7.65. The molecule has 7 heteroatoms. The average molecular weight is 339 g/mol. The highest BCUT2D eigenvalue weighted by Gasteiger charge is 2.10. The van der Waals surface area contributed by atoms with Crippen LogP contribution in [0.15, 0.2) is 59.5 Å². The van der Waals surface area contributed by atoms with E-state index in [0.29, 0.717) is 18.7 Å². The van der Waals surface area contributed by atoms with Gasteiger partial charge in [-0.15, -0.1) is 5.10 Å². The van der Waals surface area contributed by atoms with Crippen LogP contribution in [-0.2, 0) is 11.3 Å². The maximum atomic E-state index is 12.2. The van der Waals surface area contributed by atoms with E-state index >= 15 is 0 Å². The molecule has 0 aliphatic carbocycles. The molecule has 0 aliphatic rings. The van der Waals surface area contributed by atoms with Crippen molar-refractivity contribution in [1.82, 2.24) is 19.5 Å². The molecule has 1 aromatic carbocycles. The fourth-order valence-electron chi connectivity index (χ4n) is 2.67. The first-order chi connectivity index (χ1) is 12.2. The maximum absolute atomic E-state index is 12.2. The zero-order chi connectivity index (χ0) is 17.6. The summed E-state index contributed by atoms with van der Waals surface area (Å²) in [7, 11) is 0. The number of pyridine rings is 1. The van der Waals surface area contributed by atoms with Crippen molar-refractivity contribution in [1.29, 1.82) is 0 Å². The van der Waals surface area contributed by atoms with Crippen molar-refractivity contribution in [3.63, 3.8) is 0 Å². The summed E-state index contributed by atoms with van der Waals surface area (Å²) in [4.78, 5) is 26.3. The number of para-hydroxylation sites is 1. The number of anilines is 1. The Morgan fingerprint density at radius 1 is 1.16 bits per heavy atom. The van der Waals surface area contributed by atoms with Crippen LogP contribution in [0, 0.1) is 0 Å². The van der Waals surface area contributed by atoms with Crippen LogP contribution >= 0.6 is 0 Å². The molecule has 2 aromatic heterocycles. The Balaban J connectivity index is 1.55. The van der Waals surface area contributed by atoms with E-state index in [1.54, 1.807) is 18.3 Å². The Bertz CT molecular complexity index is 900. The SMILES string of the molecule is CCN(CC(=O)NCCn1nc2ccccn2c1=O)c1ccccc1. The Kier molecular flexibility index (Phi) is 5.13. The summed E-state index contributed by atoms with van der Waals surface area (Å²) in [6.45, 7) is 3.72. The van der Waals surface area contributed by atoms with Crippen LogP contribution in [0.25, 0.3) is 5.65 Å². The van der Waals surface area contributed by atoms with E-state index in [-0.39, 0.29) is 18.1 Å². The molecule has 0 bridgehead atoms. The summed E-state index contributed by atoms with van der Waals surface area (Å²) in [6, 6.07) is 15.2. The van der Waals surface area contributed by atoms with E-state index in [1.165, 1.54) is 9.08 Å². The van der Waals surface area contributed by atoms with Gasteiger partial charge in [-0.05, 0) is 31.2 Å². The minimum atomic E-state index is -0.204. The lowest BCUT2D eigenvalue weighted by Crippen LogP contribution is -2.39. The zero-order valence-corrected chi connectivity index (χ0v) is 14.1. The van der Waals surface area contributed by atoms with Gasteiger partial charge in [0.05, 0.1) is 13.1 Å². The maximum Gasteiger partial charge on any atom is 0.350 e. The minimum absolute atomic E-state index is 0.0810. The van der Waals surface area contributed by atoms with Gasteiger partial charge in [0.15, 0.2) is 5.65 Å². The number of aromatic nitrogens is 3. The molecule has 0 spiro atoms. The highest BCUT2D eigenvalue weighted by atomic mass is 16.2. The number of nitrogens with one attached hydrogen (secondary N) is 1. The van der Waals surface area contributed by atoms with Crippen molar-refractivity contribution >= 4 is 17.2 Å². The molecule has 25 heavy (non-hydrogen) atoms. The van der Waals surface area contributed by atoms with E-state index < -0.39 is 0 Å². The molecule has 0 fully saturated rings. The van der Waals surface area contributed by atoms with Crippen molar-refractivity contribution < 1.29 is 4.79 Å². The fourth-order valence-corrected chi connectivity index (χ4v) is 2.67. The number of amides is 1. The lowest BCUT2D eigenvalue weighted by molar-refractivity contribution is -0.119. The molecule has 1 N–H and O–H groups in total. The van der Waals surface area contributed by atoms with Gasteiger partial charge in [0.25, 0.3) is 0 Å². The van der Waals surface area contributed by atoms with Crippen molar-refractivity contribution in [3.8, 4) is 0 Å². The lowest BCUT2D eigenvalue weighted by atomic mass is 10.3. The Labute approximate surface area is 145 Å². The average Bonchev–Trinajstić information content (AvgIpc) is 2.97. The summed E-state index contributed by atoms with van der Waals surface area (Å²) in [5.41, 5.74) is 1.40. The molecule has 0 atom stereocenters. The Morgan fingerprint density at radius 3 is 2.64 bits per heavy atom. The second-order valence-corrected chi connectivity index (χ2v) is 5.63. The molecule has 3 aromatic rings. The first-order valence-electron chi connectivity index (χ1n) is 8.30. The first kappa shape index (κ1) is 16.8. The summed E-state index contributed by atoms with van der Waals surface area (Å²) < 4.78 is 2.85. The Morgan fingerprint density at radius 2 is 1.92 bits per heavy atom. The molecular weight excluding hydrogens is 318 g/mol. The number of hydrogen-bond acceptors (Lipinski definition) is 4. The van der Waals surface area contributed by atoms with E-state index in [0.717, 1.165) is 12.2 Å². The van der Waals surface area contributed by atoms with E-state index in [2.05, 4.69) is 10.4 Å². The molecule has 0 radical (unpaired) electrons. The molecule has 0 aliphatic heterocycles. The number of benzene rings is 1. The van der Waals surface area contributed by atoms with Crippen LogP contribution in [0.5, 0.6) is 0 Å². The quantitative estimate of drug-likeness (QED) is 0.701.